The highest BCUT2D eigenvalue weighted by Crippen LogP contribution is 2.31. The van der Waals surface area contributed by atoms with Crippen molar-refractivity contribution < 1.29 is 14.3 Å². The van der Waals surface area contributed by atoms with E-state index in [1.54, 1.807) is 36.2 Å². The molecule has 2 fully saturated rings. The summed E-state index contributed by atoms with van der Waals surface area (Å²) in [5, 5.41) is 4.90. The number of ether oxygens (including phenoxy) is 1. The van der Waals surface area contributed by atoms with E-state index in [1.165, 1.54) is 4.90 Å². The number of likely N-dealkylation sites (N-methyl/N-ethyl adjacent to an activating group) is 1. The summed E-state index contributed by atoms with van der Waals surface area (Å²) >= 11 is 11.6. The lowest BCUT2D eigenvalue weighted by Gasteiger charge is -2.16. The van der Waals surface area contributed by atoms with Crippen LogP contribution in [0.25, 0.3) is 17.0 Å². The Morgan fingerprint density at radius 3 is 2.74 bits per heavy atom. The number of carbonyl (C=O) groups excluding carboxylic acids is 2. The van der Waals surface area contributed by atoms with Crippen molar-refractivity contribution in [2.24, 2.45) is 0 Å². The van der Waals surface area contributed by atoms with Crippen molar-refractivity contribution in [1.82, 2.24) is 14.8 Å². The molecule has 2 aliphatic heterocycles. The Morgan fingerprint density at radius 2 is 2.00 bits per heavy atom. The number of hydrogen-bond acceptors (Lipinski definition) is 4. The van der Waals surface area contributed by atoms with Gasteiger partial charge in [-0.15, -0.1) is 0 Å². The van der Waals surface area contributed by atoms with Gasteiger partial charge in [-0.2, -0.15) is 0 Å². The molecule has 1 N–H and O–H groups in total. The van der Waals surface area contributed by atoms with Crippen molar-refractivity contribution in [3.8, 4) is 0 Å². The number of amides is 2. The molecule has 0 aliphatic carbocycles. The minimum Gasteiger partial charge on any atom is -0.376 e. The molecule has 180 valence electrons. The lowest BCUT2D eigenvalue weighted by Crippen LogP contribution is -2.34. The summed E-state index contributed by atoms with van der Waals surface area (Å²) in [6.07, 6.45) is 5.83. The molecule has 0 saturated carbocycles. The minimum atomic E-state index is -0.217. The van der Waals surface area contributed by atoms with Gasteiger partial charge in [-0.1, -0.05) is 29.8 Å². The van der Waals surface area contributed by atoms with Crippen LogP contribution in [0.4, 0.5) is 5.69 Å². The lowest BCUT2D eigenvalue weighted by atomic mass is 10.1. The summed E-state index contributed by atoms with van der Waals surface area (Å²) < 4.78 is 7.49. The largest absolute Gasteiger partial charge is 0.376 e. The molecule has 9 heteroatoms. The minimum absolute atomic E-state index is 0.0791. The molecule has 7 nitrogen and oxygen atoms in total. The van der Waals surface area contributed by atoms with Gasteiger partial charge in [0.25, 0.3) is 5.91 Å². The monoisotopic (exact) mass is 508 g/mol. The first-order valence-corrected chi connectivity index (χ1v) is 12.3. The number of halogens is 1. The number of fused-ring (bicyclic) bond motifs is 1. The van der Waals surface area contributed by atoms with E-state index in [4.69, 9.17) is 28.6 Å². The summed E-state index contributed by atoms with van der Waals surface area (Å²) in [4.78, 5) is 29.2. The molecule has 0 bridgehead atoms. The van der Waals surface area contributed by atoms with Gasteiger partial charge in [-0.3, -0.25) is 14.5 Å². The van der Waals surface area contributed by atoms with E-state index < -0.39 is 0 Å². The normalized spacial score (nSPS) is 19.4. The van der Waals surface area contributed by atoms with Crippen LogP contribution >= 0.6 is 23.8 Å². The second kappa shape index (κ2) is 9.81. The van der Waals surface area contributed by atoms with Crippen LogP contribution in [0, 0.1) is 0 Å². The molecule has 35 heavy (non-hydrogen) atoms. The van der Waals surface area contributed by atoms with Gasteiger partial charge in [-0.05, 0) is 61.5 Å². The Morgan fingerprint density at radius 1 is 1.23 bits per heavy atom. The fourth-order valence-corrected chi connectivity index (χ4v) is 4.90. The van der Waals surface area contributed by atoms with Crippen molar-refractivity contribution in [2.45, 2.75) is 25.5 Å². The first kappa shape index (κ1) is 23.5. The first-order chi connectivity index (χ1) is 16.9. The van der Waals surface area contributed by atoms with Gasteiger partial charge in [0, 0.05) is 47.9 Å². The van der Waals surface area contributed by atoms with Gasteiger partial charge >= 0.3 is 0 Å². The summed E-state index contributed by atoms with van der Waals surface area (Å²) in [6.45, 7) is 1.45. The van der Waals surface area contributed by atoms with Crippen LogP contribution in [0.1, 0.15) is 18.4 Å². The third kappa shape index (κ3) is 4.69. The third-order valence-corrected chi connectivity index (χ3v) is 7.03. The van der Waals surface area contributed by atoms with E-state index in [0.29, 0.717) is 28.1 Å². The summed E-state index contributed by atoms with van der Waals surface area (Å²) in [5.41, 5.74) is 2.86. The third-order valence-electron chi connectivity index (χ3n) is 6.32. The second-order valence-electron chi connectivity index (χ2n) is 8.66. The number of nitrogens with one attached hydrogen (secondary N) is 1. The lowest BCUT2D eigenvalue weighted by molar-refractivity contribution is -0.122. The Labute approximate surface area is 213 Å². The average molecular weight is 509 g/mol. The number of benzene rings is 2. The number of rotatable bonds is 6. The van der Waals surface area contributed by atoms with Crippen LogP contribution in [0.5, 0.6) is 0 Å². The maximum absolute atomic E-state index is 13.4. The molecule has 1 unspecified atom stereocenters. The highest BCUT2D eigenvalue weighted by molar-refractivity contribution is 7.80. The molecule has 2 amide bonds. The number of anilines is 1. The van der Waals surface area contributed by atoms with Crippen LogP contribution in [0.15, 0.2) is 60.4 Å². The Balaban J connectivity index is 1.42. The molecule has 5 rings (SSSR count). The Bertz CT molecular complexity index is 1330. The summed E-state index contributed by atoms with van der Waals surface area (Å²) in [6, 6.07) is 14.8. The van der Waals surface area contributed by atoms with Crippen LogP contribution < -0.4 is 10.2 Å². The molecular weight excluding hydrogens is 484 g/mol. The first-order valence-electron chi connectivity index (χ1n) is 11.5. The summed E-state index contributed by atoms with van der Waals surface area (Å²) in [5.74, 6) is -0.296. The van der Waals surface area contributed by atoms with Crippen molar-refractivity contribution in [3.63, 3.8) is 0 Å². The number of aromatic nitrogens is 1. The van der Waals surface area contributed by atoms with Crippen LogP contribution in [0.2, 0.25) is 5.02 Å². The van der Waals surface area contributed by atoms with Crippen molar-refractivity contribution >= 4 is 63.4 Å². The van der Waals surface area contributed by atoms with Gasteiger partial charge in [0.15, 0.2) is 5.11 Å². The number of hydrogen-bond donors (Lipinski definition) is 1. The van der Waals surface area contributed by atoms with E-state index >= 15 is 0 Å². The fourth-order valence-electron chi connectivity index (χ4n) is 4.49. The fraction of sp³-hybridized carbons (Fsp3) is 0.269. The van der Waals surface area contributed by atoms with Crippen molar-refractivity contribution in [3.05, 3.63) is 71.0 Å². The summed E-state index contributed by atoms with van der Waals surface area (Å²) in [7, 11) is 1.78. The maximum atomic E-state index is 13.4. The number of thiocarbonyl (C=S) groups is 1. The topological polar surface area (TPSA) is 66.8 Å². The Hall–Kier alpha value is -3.20. The van der Waals surface area contributed by atoms with Crippen LogP contribution in [-0.4, -0.2) is 52.7 Å². The van der Waals surface area contributed by atoms with E-state index in [2.05, 4.69) is 5.32 Å². The van der Waals surface area contributed by atoms with Gasteiger partial charge in [0.2, 0.25) is 5.91 Å². The molecule has 3 aromatic rings. The maximum Gasteiger partial charge on any atom is 0.281 e. The molecule has 1 aromatic heterocycles. The van der Waals surface area contributed by atoms with Gasteiger partial charge in [0.05, 0.1) is 11.8 Å². The number of carbonyl (C=O) groups is 2. The standard InChI is InChI=1S/C26H25ClN4O3S/c1-29-23(25(33)31(26(29)35)19-10-8-18(27)9-11-19)13-17-15-30(22-7-3-2-6-21(17)22)16-24(32)28-14-20-5-4-12-34-20/h2-3,6-11,13,15,20H,4-5,12,14,16H2,1H3,(H,28,32). The van der Waals surface area contributed by atoms with Crippen molar-refractivity contribution in [1.29, 1.82) is 0 Å². The Kier molecular flexibility index (Phi) is 6.60. The van der Waals surface area contributed by atoms with Gasteiger partial charge < -0.3 is 19.5 Å². The number of nitrogens with zero attached hydrogens (tertiary/aromatic N) is 3. The molecule has 3 heterocycles. The average Bonchev–Trinajstić information content (AvgIpc) is 3.55. The molecule has 0 radical (unpaired) electrons. The van der Waals surface area contributed by atoms with E-state index in [0.717, 1.165) is 35.9 Å². The highest BCUT2D eigenvalue weighted by atomic mass is 35.5. The van der Waals surface area contributed by atoms with Crippen molar-refractivity contribution in [2.75, 3.05) is 25.1 Å². The van der Waals surface area contributed by atoms with E-state index in [1.807, 2.05) is 41.1 Å². The predicted molar refractivity (Wildman–Crippen MR) is 141 cm³/mol. The van der Waals surface area contributed by atoms with E-state index in [-0.39, 0.29) is 24.5 Å². The zero-order valence-electron chi connectivity index (χ0n) is 19.2. The predicted octanol–water partition coefficient (Wildman–Crippen LogP) is 4.19. The molecular formula is C26H25ClN4O3S. The van der Waals surface area contributed by atoms with Gasteiger partial charge in [-0.25, -0.2) is 0 Å². The molecule has 2 aromatic carbocycles. The molecule has 2 saturated heterocycles. The molecule has 0 spiro atoms. The van der Waals surface area contributed by atoms with E-state index in [9.17, 15) is 9.59 Å². The smallest absolute Gasteiger partial charge is 0.281 e. The zero-order chi connectivity index (χ0) is 24.5. The van der Waals surface area contributed by atoms with Crippen LogP contribution in [-0.2, 0) is 20.9 Å². The van der Waals surface area contributed by atoms with Crippen LogP contribution in [0.3, 0.4) is 0 Å². The number of para-hydroxylation sites is 1. The molecule has 1 atom stereocenters. The quantitative estimate of drug-likeness (QED) is 0.399. The SMILES string of the molecule is CN1C(=S)N(c2ccc(Cl)cc2)C(=O)C1=Cc1cn(CC(=O)NCC2CCCO2)c2ccccc12. The van der Waals surface area contributed by atoms with Gasteiger partial charge in [0.1, 0.15) is 12.2 Å². The highest BCUT2D eigenvalue weighted by Gasteiger charge is 2.37. The molecule has 2 aliphatic rings. The second-order valence-corrected chi connectivity index (χ2v) is 9.46. The zero-order valence-corrected chi connectivity index (χ0v) is 20.8.